The van der Waals surface area contributed by atoms with Crippen LogP contribution in [-0.2, 0) is 7.05 Å². The van der Waals surface area contributed by atoms with E-state index in [1.807, 2.05) is 50.4 Å². The highest BCUT2D eigenvalue weighted by Crippen LogP contribution is 2.33. The molecule has 1 amide bonds. The number of carbonyl (C=O) groups is 1. The van der Waals surface area contributed by atoms with E-state index in [1.165, 1.54) is 11.8 Å². The van der Waals surface area contributed by atoms with E-state index in [4.69, 9.17) is 4.74 Å². The van der Waals surface area contributed by atoms with E-state index < -0.39 is 0 Å². The summed E-state index contributed by atoms with van der Waals surface area (Å²) in [5.41, 5.74) is 1.20. The maximum Gasteiger partial charge on any atom is 0.259 e. The molecule has 8 heteroatoms. The van der Waals surface area contributed by atoms with Crippen LogP contribution >= 0.6 is 27.7 Å². The Balaban J connectivity index is 1.85. The third-order valence-corrected chi connectivity index (χ3v) is 4.92. The van der Waals surface area contributed by atoms with E-state index in [-0.39, 0.29) is 5.91 Å². The quantitative estimate of drug-likeness (QED) is 0.625. The van der Waals surface area contributed by atoms with Crippen LogP contribution in [0.1, 0.15) is 17.3 Å². The summed E-state index contributed by atoms with van der Waals surface area (Å²) in [6.45, 7) is 2.39. The fraction of sp³-hybridized carbons (Fsp3) is 0.167. The van der Waals surface area contributed by atoms with Gasteiger partial charge in [0.25, 0.3) is 5.91 Å². The number of benzene rings is 2. The number of rotatable bonds is 6. The monoisotopic (exact) mass is 432 g/mol. The Morgan fingerprint density at radius 2 is 1.96 bits per heavy atom. The summed E-state index contributed by atoms with van der Waals surface area (Å²) in [6.07, 6.45) is 0. The summed E-state index contributed by atoms with van der Waals surface area (Å²) >= 11 is 4.70. The van der Waals surface area contributed by atoms with Crippen LogP contribution in [0.4, 0.5) is 5.69 Å². The Morgan fingerprint density at radius 3 is 2.69 bits per heavy atom. The average Bonchev–Trinajstić information content (AvgIpc) is 2.94. The molecule has 1 N–H and O–H groups in total. The minimum absolute atomic E-state index is 0.221. The number of anilines is 1. The summed E-state index contributed by atoms with van der Waals surface area (Å²) in [5, 5.41) is 7.85. The van der Waals surface area contributed by atoms with E-state index in [0.717, 1.165) is 4.90 Å². The van der Waals surface area contributed by atoms with E-state index in [0.29, 0.717) is 33.5 Å². The maximum absolute atomic E-state index is 12.7. The molecule has 6 nitrogen and oxygen atoms in total. The van der Waals surface area contributed by atoms with Gasteiger partial charge in [-0.1, -0.05) is 24.3 Å². The molecular weight excluding hydrogens is 416 g/mol. The van der Waals surface area contributed by atoms with E-state index in [2.05, 4.69) is 31.3 Å². The number of nitrogens with zero attached hydrogens (tertiary/aromatic N) is 3. The third kappa shape index (κ3) is 4.25. The number of amides is 1. The number of hydrogen-bond acceptors (Lipinski definition) is 5. The summed E-state index contributed by atoms with van der Waals surface area (Å²) in [5.74, 6) is 0.344. The second-order valence-corrected chi connectivity index (χ2v) is 6.99. The smallest absolute Gasteiger partial charge is 0.259 e. The Morgan fingerprint density at radius 1 is 1.23 bits per heavy atom. The topological polar surface area (TPSA) is 69.0 Å². The molecule has 134 valence electrons. The molecule has 0 aliphatic carbocycles. The number of carbonyl (C=O) groups excluding carboxylic acids is 1. The van der Waals surface area contributed by atoms with Crippen molar-refractivity contribution in [1.29, 1.82) is 0 Å². The number of ether oxygens (including phenoxy) is 1. The van der Waals surface area contributed by atoms with Gasteiger partial charge in [0.2, 0.25) is 4.73 Å². The van der Waals surface area contributed by atoms with Crippen LogP contribution in [0.2, 0.25) is 0 Å². The van der Waals surface area contributed by atoms with Crippen molar-refractivity contribution in [3.05, 3.63) is 58.8 Å². The third-order valence-electron chi connectivity index (χ3n) is 3.47. The van der Waals surface area contributed by atoms with Gasteiger partial charge in [-0.25, -0.2) is 4.68 Å². The zero-order valence-corrected chi connectivity index (χ0v) is 16.7. The number of para-hydroxylation sites is 2. The summed E-state index contributed by atoms with van der Waals surface area (Å²) in [4.78, 5) is 17.9. The first-order chi connectivity index (χ1) is 12.6. The van der Waals surface area contributed by atoms with Crippen molar-refractivity contribution < 1.29 is 9.53 Å². The van der Waals surface area contributed by atoms with Gasteiger partial charge in [-0.3, -0.25) is 4.79 Å². The molecule has 0 saturated carbocycles. The van der Waals surface area contributed by atoms with Gasteiger partial charge in [-0.05, 0) is 58.9 Å². The lowest BCUT2D eigenvalue weighted by molar-refractivity contribution is 0.102. The molecule has 0 spiro atoms. The first kappa shape index (κ1) is 18.5. The van der Waals surface area contributed by atoms with Gasteiger partial charge in [0, 0.05) is 11.9 Å². The van der Waals surface area contributed by atoms with Gasteiger partial charge in [0.15, 0.2) is 5.16 Å². The largest absolute Gasteiger partial charge is 0.493 e. The molecule has 0 saturated heterocycles. The van der Waals surface area contributed by atoms with Gasteiger partial charge in [0.1, 0.15) is 5.75 Å². The number of halogens is 1. The molecule has 2 aromatic carbocycles. The lowest BCUT2D eigenvalue weighted by Crippen LogP contribution is -2.14. The molecule has 0 unspecified atom stereocenters. The molecular formula is C18H17BrN4O2S. The molecule has 1 heterocycles. The van der Waals surface area contributed by atoms with Crippen LogP contribution in [0.5, 0.6) is 5.75 Å². The average molecular weight is 433 g/mol. The molecule has 0 bridgehead atoms. The number of nitrogens with one attached hydrogen (secondary N) is 1. The molecule has 1 aromatic heterocycles. The molecule has 3 rings (SSSR count). The molecule has 3 aromatic rings. The van der Waals surface area contributed by atoms with Crippen LogP contribution < -0.4 is 10.1 Å². The zero-order valence-electron chi connectivity index (χ0n) is 14.3. The summed E-state index contributed by atoms with van der Waals surface area (Å²) in [6, 6.07) is 14.8. The Bertz CT molecular complexity index is 929. The predicted molar refractivity (Wildman–Crippen MR) is 105 cm³/mol. The normalized spacial score (nSPS) is 10.6. The Labute approximate surface area is 164 Å². The van der Waals surface area contributed by atoms with Gasteiger partial charge < -0.3 is 10.1 Å². The lowest BCUT2D eigenvalue weighted by Gasteiger charge is -2.12. The van der Waals surface area contributed by atoms with Crippen LogP contribution in [0.15, 0.2) is 63.3 Å². The van der Waals surface area contributed by atoms with Crippen molar-refractivity contribution in [1.82, 2.24) is 14.8 Å². The molecule has 0 atom stereocenters. The van der Waals surface area contributed by atoms with E-state index >= 15 is 0 Å². The van der Waals surface area contributed by atoms with Crippen LogP contribution in [-0.4, -0.2) is 27.3 Å². The van der Waals surface area contributed by atoms with E-state index in [9.17, 15) is 4.79 Å². The molecule has 0 aliphatic heterocycles. The van der Waals surface area contributed by atoms with Crippen molar-refractivity contribution in [2.24, 2.45) is 7.05 Å². The predicted octanol–water partition coefficient (Wildman–Crippen LogP) is 4.38. The van der Waals surface area contributed by atoms with Crippen molar-refractivity contribution >= 4 is 39.3 Å². The molecule has 0 radical (unpaired) electrons. The second-order valence-electron chi connectivity index (χ2n) is 5.27. The lowest BCUT2D eigenvalue weighted by atomic mass is 10.2. The summed E-state index contributed by atoms with van der Waals surface area (Å²) in [7, 11) is 1.82. The van der Waals surface area contributed by atoms with Gasteiger partial charge in [0.05, 0.1) is 17.9 Å². The van der Waals surface area contributed by atoms with Gasteiger partial charge in [-0.15, -0.1) is 5.10 Å². The molecule has 26 heavy (non-hydrogen) atoms. The number of aryl methyl sites for hydroxylation is 1. The van der Waals surface area contributed by atoms with Crippen LogP contribution in [0, 0.1) is 0 Å². The second kappa shape index (κ2) is 8.37. The van der Waals surface area contributed by atoms with Crippen LogP contribution in [0.25, 0.3) is 0 Å². The Hall–Kier alpha value is -2.32. The zero-order chi connectivity index (χ0) is 18.5. The van der Waals surface area contributed by atoms with Gasteiger partial charge >= 0.3 is 0 Å². The van der Waals surface area contributed by atoms with Crippen molar-refractivity contribution in [2.75, 3.05) is 11.9 Å². The molecule has 0 fully saturated rings. The van der Waals surface area contributed by atoms with E-state index in [1.54, 1.807) is 16.8 Å². The standard InChI is InChI=1S/C18H17BrN4O2S/c1-3-25-14-10-6-4-8-12(14)16(24)20-13-9-5-7-11-15(13)26-18-21-17(19)22-23(18)2/h4-11H,3H2,1-2H3,(H,20,24). The fourth-order valence-corrected chi connectivity index (χ4v) is 3.71. The summed E-state index contributed by atoms with van der Waals surface area (Å²) < 4.78 is 7.75. The number of aromatic nitrogens is 3. The SMILES string of the molecule is CCOc1ccccc1C(=O)Nc1ccccc1Sc1nc(Br)nn1C. The minimum atomic E-state index is -0.221. The number of hydrogen-bond donors (Lipinski definition) is 1. The first-order valence-corrected chi connectivity index (χ1v) is 9.56. The minimum Gasteiger partial charge on any atom is -0.493 e. The molecule has 0 aliphatic rings. The van der Waals surface area contributed by atoms with Crippen molar-refractivity contribution in [3.8, 4) is 5.75 Å². The van der Waals surface area contributed by atoms with Gasteiger partial charge in [-0.2, -0.15) is 4.98 Å². The highest BCUT2D eigenvalue weighted by Gasteiger charge is 2.15. The fourth-order valence-electron chi connectivity index (χ4n) is 2.31. The first-order valence-electron chi connectivity index (χ1n) is 7.95. The maximum atomic E-state index is 12.7. The highest BCUT2D eigenvalue weighted by molar-refractivity contribution is 9.10. The van der Waals surface area contributed by atoms with Crippen molar-refractivity contribution in [3.63, 3.8) is 0 Å². The van der Waals surface area contributed by atoms with Crippen molar-refractivity contribution in [2.45, 2.75) is 17.0 Å². The highest BCUT2D eigenvalue weighted by atomic mass is 79.9. The Kier molecular flexibility index (Phi) is 5.95. The van der Waals surface area contributed by atoms with Crippen LogP contribution in [0.3, 0.4) is 0 Å².